The standard InChI is InChI=1S/C19H22FN3O2/c1-3-18(24)23-9-8-15(12-23)22(2)19(25)7-4-13-11-21-17-6-5-14(20)10-16(13)17/h3,5-6,10-11,15,21H,1,4,7-9,12H2,2H3/t15-/m1/s1. The predicted octanol–water partition coefficient (Wildman–Crippen LogP) is 2.48. The Morgan fingerprint density at radius 3 is 3.04 bits per heavy atom. The van der Waals surface area contributed by atoms with Gasteiger partial charge in [-0.2, -0.15) is 0 Å². The van der Waals surface area contributed by atoms with Crippen molar-refractivity contribution in [1.82, 2.24) is 14.8 Å². The minimum atomic E-state index is -0.283. The largest absolute Gasteiger partial charge is 0.361 e. The Morgan fingerprint density at radius 1 is 1.48 bits per heavy atom. The predicted molar refractivity (Wildman–Crippen MR) is 94.5 cm³/mol. The summed E-state index contributed by atoms with van der Waals surface area (Å²) in [5, 5.41) is 0.819. The molecule has 1 aliphatic heterocycles. The van der Waals surface area contributed by atoms with Crippen molar-refractivity contribution >= 4 is 22.7 Å². The smallest absolute Gasteiger partial charge is 0.246 e. The molecule has 1 aromatic carbocycles. The molecule has 2 amide bonds. The zero-order chi connectivity index (χ0) is 18.0. The van der Waals surface area contributed by atoms with Gasteiger partial charge in [-0.1, -0.05) is 6.58 Å². The van der Waals surface area contributed by atoms with Gasteiger partial charge in [-0.05, 0) is 42.7 Å². The number of carbonyl (C=O) groups is 2. The van der Waals surface area contributed by atoms with Crippen molar-refractivity contribution < 1.29 is 14.0 Å². The minimum absolute atomic E-state index is 0.0312. The summed E-state index contributed by atoms with van der Waals surface area (Å²) in [7, 11) is 1.78. The maximum Gasteiger partial charge on any atom is 0.246 e. The van der Waals surface area contributed by atoms with Crippen LogP contribution < -0.4 is 0 Å². The van der Waals surface area contributed by atoms with Gasteiger partial charge in [0.05, 0.1) is 6.04 Å². The van der Waals surface area contributed by atoms with Crippen LogP contribution in [-0.4, -0.2) is 52.8 Å². The number of nitrogens with zero attached hydrogens (tertiary/aromatic N) is 2. The van der Waals surface area contributed by atoms with Crippen molar-refractivity contribution in [2.45, 2.75) is 25.3 Å². The summed E-state index contributed by atoms with van der Waals surface area (Å²) in [6.07, 6.45) is 4.82. The Balaban J connectivity index is 1.59. The number of nitrogens with one attached hydrogen (secondary N) is 1. The number of likely N-dealkylation sites (N-methyl/N-ethyl adjacent to an activating group) is 1. The second-order valence-electron chi connectivity index (χ2n) is 6.44. The Labute approximate surface area is 146 Å². The summed E-state index contributed by atoms with van der Waals surface area (Å²) >= 11 is 0. The number of benzene rings is 1. The van der Waals surface area contributed by atoms with E-state index < -0.39 is 0 Å². The van der Waals surface area contributed by atoms with Crippen LogP contribution >= 0.6 is 0 Å². The van der Waals surface area contributed by atoms with Gasteiger partial charge in [0.25, 0.3) is 0 Å². The molecule has 1 N–H and O–H groups in total. The van der Waals surface area contributed by atoms with E-state index in [-0.39, 0.29) is 23.7 Å². The zero-order valence-electron chi connectivity index (χ0n) is 14.3. The molecule has 25 heavy (non-hydrogen) atoms. The molecule has 1 aromatic heterocycles. The van der Waals surface area contributed by atoms with Crippen LogP contribution in [0.4, 0.5) is 4.39 Å². The highest BCUT2D eigenvalue weighted by Crippen LogP contribution is 2.22. The van der Waals surface area contributed by atoms with Gasteiger partial charge in [0.2, 0.25) is 11.8 Å². The second kappa shape index (κ2) is 7.09. The summed E-state index contributed by atoms with van der Waals surface area (Å²) in [6, 6.07) is 4.64. The number of rotatable bonds is 5. The molecule has 0 radical (unpaired) electrons. The molecule has 1 atom stereocenters. The van der Waals surface area contributed by atoms with E-state index >= 15 is 0 Å². The topological polar surface area (TPSA) is 56.4 Å². The van der Waals surface area contributed by atoms with Crippen molar-refractivity contribution in [2.75, 3.05) is 20.1 Å². The number of hydrogen-bond acceptors (Lipinski definition) is 2. The fourth-order valence-electron chi connectivity index (χ4n) is 3.37. The fraction of sp³-hybridized carbons (Fsp3) is 0.368. The molecule has 0 aliphatic carbocycles. The normalized spacial score (nSPS) is 17.0. The van der Waals surface area contributed by atoms with Gasteiger partial charge in [-0.15, -0.1) is 0 Å². The maximum absolute atomic E-state index is 13.4. The van der Waals surface area contributed by atoms with Gasteiger partial charge >= 0.3 is 0 Å². The summed E-state index contributed by atoms with van der Waals surface area (Å²) in [4.78, 5) is 30.7. The molecule has 6 heteroatoms. The molecule has 1 fully saturated rings. The number of carbonyl (C=O) groups excluding carboxylic acids is 2. The van der Waals surface area contributed by atoms with Crippen LogP contribution in [0.25, 0.3) is 10.9 Å². The lowest BCUT2D eigenvalue weighted by atomic mass is 10.1. The van der Waals surface area contributed by atoms with Crippen LogP contribution in [0.2, 0.25) is 0 Å². The molecular formula is C19H22FN3O2. The third-order valence-corrected chi connectivity index (χ3v) is 4.93. The summed E-state index contributed by atoms with van der Waals surface area (Å²) < 4.78 is 13.4. The molecule has 2 heterocycles. The van der Waals surface area contributed by atoms with Crippen molar-refractivity contribution in [3.63, 3.8) is 0 Å². The van der Waals surface area contributed by atoms with E-state index in [2.05, 4.69) is 11.6 Å². The van der Waals surface area contributed by atoms with Gasteiger partial charge in [0.15, 0.2) is 0 Å². The van der Waals surface area contributed by atoms with Crippen LogP contribution in [0.3, 0.4) is 0 Å². The first-order chi connectivity index (χ1) is 12.0. The number of hydrogen-bond donors (Lipinski definition) is 1. The lowest BCUT2D eigenvalue weighted by Crippen LogP contribution is -2.39. The summed E-state index contributed by atoms with van der Waals surface area (Å²) in [5.41, 5.74) is 1.80. The first-order valence-electron chi connectivity index (χ1n) is 8.42. The Morgan fingerprint density at radius 2 is 2.28 bits per heavy atom. The highest BCUT2D eigenvalue weighted by molar-refractivity contribution is 5.87. The van der Waals surface area contributed by atoms with E-state index in [1.165, 1.54) is 18.2 Å². The Kier molecular flexibility index (Phi) is 4.88. The quantitative estimate of drug-likeness (QED) is 0.848. The molecule has 3 rings (SSSR count). The number of likely N-dealkylation sites (tertiary alicyclic amines) is 1. The maximum atomic E-state index is 13.4. The number of aromatic nitrogens is 1. The molecule has 1 aliphatic rings. The van der Waals surface area contributed by atoms with Crippen LogP contribution in [0, 0.1) is 5.82 Å². The van der Waals surface area contributed by atoms with Crippen LogP contribution in [0.1, 0.15) is 18.4 Å². The van der Waals surface area contributed by atoms with Crippen molar-refractivity contribution in [2.24, 2.45) is 0 Å². The van der Waals surface area contributed by atoms with E-state index in [0.29, 0.717) is 25.9 Å². The zero-order valence-corrected chi connectivity index (χ0v) is 14.3. The van der Waals surface area contributed by atoms with Gasteiger partial charge in [0.1, 0.15) is 5.82 Å². The number of fused-ring (bicyclic) bond motifs is 1. The molecule has 0 bridgehead atoms. The molecular weight excluding hydrogens is 321 g/mol. The van der Waals surface area contributed by atoms with Crippen LogP contribution in [0.5, 0.6) is 0 Å². The van der Waals surface area contributed by atoms with E-state index in [0.717, 1.165) is 22.9 Å². The van der Waals surface area contributed by atoms with Gasteiger partial charge in [0, 0.05) is 43.7 Å². The molecule has 1 saturated heterocycles. The van der Waals surface area contributed by atoms with Gasteiger partial charge < -0.3 is 14.8 Å². The van der Waals surface area contributed by atoms with E-state index in [1.54, 1.807) is 22.9 Å². The lowest BCUT2D eigenvalue weighted by molar-refractivity contribution is -0.132. The average molecular weight is 343 g/mol. The molecule has 5 nitrogen and oxygen atoms in total. The molecule has 0 saturated carbocycles. The van der Waals surface area contributed by atoms with Crippen molar-refractivity contribution in [3.05, 3.63) is 48.4 Å². The Hall–Kier alpha value is -2.63. The van der Waals surface area contributed by atoms with E-state index in [9.17, 15) is 14.0 Å². The molecule has 0 unspecified atom stereocenters. The van der Waals surface area contributed by atoms with Crippen LogP contribution in [-0.2, 0) is 16.0 Å². The lowest BCUT2D eigenvalue weighted by Gasteiger charge is -2.24. The molecule has 132 valence electrons. The van der Waals surface area contributed by atoms with E-state index in [1.807, 2.05) is 6.20 Å². The monoisotopic (exact) mass is 343 g/mol. The van der Waals surface area contributed by atoms with Gasteiger partial charge in [-0.25, -0.2) is 4.39 Å². The van der Waals surface area contributed by atoms with Crippen LogP contribution in [0.15, 0.2) is 37.1 Å². The summed E-state index contributed by atoms with van der Waals surface area (Å²) in [5.74, 6) is -0.345. The van der Waals surface area contributed by atoms with Crippen molar-refractivity contribution in [3.8, 4) is 0 Å². The van der Waals surface area contributed by atoms with Crippen molar-refractivity contribution in [1.29, 1.82) is 0 Å². The third-order valence-electron chi connectivity index (χ3n) is 4.93. The minimum Gasteiger partial charge on any atom is -0.361 e. The van der Waals surface area contributed by atoms with Gasteiger partial charge in [-0.3, -0.25) is 9.59 Å². The number of amides is 2. The first-order valence-corrected chi connectivity index (χ1v) is 8.42. The highest BCUT2D eigenvalue weighted by Gasteiger charge is 2.29. The first kappa shape index (κ1) is 17.2. The third kappa shape index (κ3) is 3.57. The number of aryl methyl sites for hydroxylation is 1. The number of H-pyrrole nitrogens is 1. The highest BCUT2D eigenvalue weighted by atomic mass is 19.1. The fourth-order valence-corrected chi connectivity index (χ4v) is 3.37. The molecule has 2 aromatic rings. The second-order valence-corrected chi connectivity index (χ2v) is 6.44. The number of aromatic amines is 1. The molecule has 0 spiro atoms. The SMILES string of the molecule is C=CC(=O)N1CC[C@@H](N(C)C(=O)CCc2c[nH]c3ccc(F)cc23)C1. The average Bonchev–Trinajstić information content (AvgIpc) is 3.25. The summed E-state index contributed by atoms with van der Waals surface area (Å²) in [6.45, 7) is 4.69. The number of halogens is 1. The Bertz CT molecular complexity index is 814. The van der Waals surface area contributed by atoms with E-state index in [4.69, 9.17) is 0 Å².